The molecule has 54 heavy (non-hydrogen) atoms. The van der Waals surface area contributed by atoms with E-state index in [1.54, 1.807) is 0 Å². The fraction of sp³-hybridized carbons (Fsp3) is 0.0588. The van der Waals surface area contributed by atoms with Gasteiger partial charge in [-0.2, -0.15) is 0 Å². The summed E-state index contributed by atoms with van der Waals surface area (Å²) in [6.07, 6.45) is 0. The Balaban J connectivity index is 1.15. The number of anilines is 3. The lowest BCUT2D eigenvalue weighted by atomic mass is 9.82. The predicted molar refractivity (Wildman–Crippen MR) is 230 cm³/mol. The van der Waals surface area contributed by atoms with Crippen molar-refractivity contribution in [3.05, 3.63) is 187 Å². The molecule has 0 N–H and O–H groups in total. The Morgan fingerprint density at radius 1 is 0.481 bits per heavy atom. The van der Waals surface area contributed by atoms with Gasteiger partial charge >= 0.3 is 0 Å². The summed E-state index contributed by atoms with van der Waals surface area (Å²) in [5.41, 5.74) is 14.9. The highest BCUT2D eigenvalue weighted by Gasteiger charge is 2.38. The number of para-hydroxylation sites is 1. The van der Waals surface area contributed by atoms with Crippen LogP contribution in [0.4, 0.5) is 17.1 Å². The molecule has 8 aromatic carbocycles. The van der Waals surface area contributed by atoms with Gasteiger partial charge in [0, 0.05) is 47.8 Å². The lowest BCUT2D eigenvalue weighted by Gasteiger charge is -2.30. The Hall–Kier alpha value is -6.42. The molecule has 0 aliphatic heterocycles. The van der Waals surface area contributed by atoms with Gasteiger partial charge in [-0.25, -0.2) is 0 Å². The van der Waals surface area contributed by atoms with Crippen molar-refractivity contribution in [2.45, 2.75) is 19.3 Å². The minimum atomic E-state index is -0.127. The number of benzene rings is 8. The lowest BCUT2D eigenvalue weighted by Crippen LogP contribution is -2.16. The van der Waals surface area contributed by atoms with Gasteiger partial charge in [-0.15, -0.1) is 11.3 Å². The van der Waals surface area contributed by atoms with Gasteiger partial charge in [0.05, 0.1) is 16.8 Å². The van der Waals surface area contributed by atoms with Gasteiger partial charge in [0.2, 0.25) is 0 Å². The fourth-order valence-electron chi connectivity index (χ4n) is 8.88. The molecule has 1 aliphatic rings. The summed E-state index contributed by atoms with van der Waals surface area (Å²) >= 11 is 1.86. The monoisotopic (exact) mass is 709 g/mol. The molecule has 256 valence electrons. The van der Waals surface area contributed by atoms with Crippen LogP contribution in [-0.2, 0) is 5.41 Å². The molecule has 0 saturated carbocycles. The largest absolute Gasteiger partial charge is 0.455 e. The van der Waals surface area contributed by atoms with Crippen molar-refractivity contribution in [3.8, 4) is 33.4 Å². The van der Waals surface area contributed by atoms with E-state index in [9.17, 15) is 0 Å². The van der Waals surface area contributed by atoms with E-state index in [2.05, 4.69) is 195 Å². The van der Waals surface area contributed by atoms with E-state index in [4.69, 9.17) is 4.42 Å². The van der Waals surface area contributed by atoms with Crippen molar-refractivity contribution in [1.29, 1.82) is 0 Å². The number of hydrogen-bond acceptors (Lipinski definition) is 3. The standard InChI is InChI=1S/C51H35NOS/c1-51(2)41-18-9-6-16-39(41)48-42(51)19-12-20-43(48)52(35-26-23-32(24-27-35)34-25-28-38-37-15-8-11-22-46(37)54-47(38)31-34)44-30-29-36(33-13-4-3-5-14-33)50-49(44)40-17-7-10-21-45(40)53-50/h3-31H,1-2H3. The third-order valence-corrected chi connectivity index (χ3v) is 12.6. The molecule has 11 rings (SSSR count). The van der Waals surface area contributed by atoms with Crippen LogP contribution in [0.1, 0.15) is 25.0 Å². The molecule has 0 amide bonds. The summed E-state index contributed by atoms with van der Waals surface area (Å²) in [6.45, 7) is 4.70. The van der Waals surface area contributed by atoms with Crippen LogP contribution in [0, 0.1) is 0 Å². The second-order valence-corrected chi connectivity index (χ2v) is 15.9. The van der Waals surface area contributed by atoms with Gasteiger partial charge < -0.3 is 9.32 Å². The molecule has 10 aromatic rings. The van der Waals surface area contributed by atoms with Crippen LogP contribution in [0.2, 0.25) is 0 Å². The highest BCUT2D eigenvalue weighted by atomic mass is 32.1. The molecular formula is C51H35NOS. The third kappa shape index (κ3) is 4.58. The molecule has 0 saturated heterocycles. The Morgan fingerprint density at radius 3 is 2.06 bits per heavy atom. The maximum Gasteiger partial charge on any atom is 0.145 e. The maximum atomic E-state index is 6.79. The zero-order valence-electron chi connectivity index (χ0n) is 30.0. The zero-order valence-corrected chi connectivity index (χ0v) is 30.8. The summed E-state index contributed by atoms with van der Waals surface area (Å²) in [4.78, 5) is 2.47. The zero-order chi connectivity index (χ0) is 36.0. The molecule has 1 aliphatic carbocycles. The minimum absolute atomic E-state index is 0.127. The lowest BCUT2D eigenvalue weighted by molar-refractivity contribution is 0.660. The first-order valence-electron chi connectivity index (χ1n) is 18.6. The van der Waals surface area contributed by atoms with Gasteiger partial charge in [-0.3, -0.25) is 0 Å². The van der Waals surface area contributed by atoms with Gasteiger partial charge in [0.15, 0.2) is 0 Å². The first-order chi connectivity index (χ1) is 26.5. The predicted octanol–water partition coefficient (Wildman–Crippen LogP) is 15.1. The molecule has 0 spiro atoms. The number of thiophene rings is 1. The summed E-state index contributed by atoms with van der Waals surface area (Å²) in [6, 6.07) is 64.0. The second kappa shape index (κ2) is 11.8. The van der Waals surface area contributed by atoms with Gasteiger partial charge in [0.25, 0.3) is 0 Å². The molecule has 2 heterocycles. The van der Waals surface area contributed by atoms with Crippen molar-refractivity contribution in [2.24, 2.45) is 0 Å². The van der Waals surface area contributed by atoms with E-state index in [0.29, 0.717) is 0 Å². The Labute approximate surface area is 318 Å². The molecule has 0 unspecified atom stereocenters. The fourth-order valence-corrected chi connectivity index (χ4v) is 10.0. The normalized spacial score (nSPS) is 13.1. The smallest absolute Gasteiger partial charge is 0.145 e. The van der Waals surface area contributed by atoms with E-state index in [-0.39, 0.29) is 5.41 Å². The second-order valence-electron chi connectivity index (χ2n) is 14.9. The Bertz CT molecular complexity index is 3080. The van der Waals surface area contributed by atoms with E-state index in [0.717, 1.165) is 50.1 Å². The van der Waals surface area contributed by atoms with Crippen LogP contribution < -0.4 is 4.90 Å². The first-order valence-corrected chi connectivity index (χ1v) is 19.4. The Kier molecular flexibility index (Phi) is 6.80. The van der Waals surface area contributed by atoms with Crippen molar-refractivity contribution in [1.82, 2.24) is 0 Å². The van der Waals surface area contributed by atoms with Gasteiger partial charge in [-0.05, 0) is 81.9 Å². The quantitative estimate of drug-likeness (QED) is 0.177. The number of fused-ring (bicyclic) bond motifs is 9. The molecule has 2 aromatic heterocycles. The SMILES string of the molecule is CC1(C)c2ccccc2-c2c(N(c3ccc(-c4ccc5c(c4)sc4ccccc45)cc3)c3ccc(-c4ccccc4)c4oc5ccccc5c34)cccc21. The summed E-state index contributed by atoms with van der Waals surface area (Å²) < 4.78 is 9.43. The van der Waals surface area contributed by atoms with Crippen LogP contribution in [0.25, 0.3) is 75.5 Å². The highest BCUT2D eigenvalue weighted by molar-refractivity contribution is 7.25. The topological polar surface area (TPSA) is 16.4 Å². The molecule has 0 fully saturated rings. The number of hydrogen-bond donors (Lipinski definition) is 0. The van der Waals surface area contributed by atoms with Crippen molar-refractivity contribution >= 4 is 70.5 Å². The minimum Gasteiger partial charge on any atom is -0.455 e. The summed E-state index contributed by atoms with van der Waals surface area (Å²) in [5, 5.41) is 4.85. The summed E-state index contributed by atoms with van der Waals surface area (Å²) in [5.74, 6) is 0. The first kappa shape index (κ1) is 31.1. The molecular weight excluding hydrogens is 675 g/mol. The molecule has 0 radical (unpaired) electrons. The Morgan fingerprint density at radius 2 is 1.19 bits per heavy atom. The van der Waals surface area contributed by atoms with E-state index >= 15 is 0 Å². The van der Waals surface area contributed by atoms with E-state index in [1.165, 1.54) is 53.6 Å². The van der Waals surface area contributed by atoms with E-state index < -0.39 is 0 Å². The highest BCUT2D eigenvalue weighted by Crippen LogP contribution is 2.55. The molecule has 2 nitrogen and oxygen atoms in total. The summed E-state index contributed by atoms with van der Waals surface area (Å²) in [7, 11) is 0. The van der Waals surface area contributed by atoms with Crippen LogP contribution in [0.3, 0.4) is 0 Å². The van der Waals surface area contributed by atoms with Crippen LogP contribution in [-0.4, -0.2) is 0 Å². The average Bonchev–Trinajstić information content (AvgIpc) is 3.87. The molecule has 3 heteroatoms. The van der Waals surface area contributed by atoms with Crippen molar-refractivity contribution in [2.75, 3.05) is 4.90 Å². The van der Waals surface area contributed by atoms with Crippen molar-refractivity contribution in [3.63, 3.8) is 0 Å². The molecule has 0 bridgehead atoms. The number of furan rings is 1. The number of rotatable bonds is 5. The van der Waals surface area contributed by atoms with Crippen LogP contribution in [0.15, 0.2) is 180 Å². The van der Waals surface area contributed by atoms with E-state index in [1.807, 2.05) is 11.3 Å². The van der Waals surface area contributed by atoms with Crippen LogP contribution in [0.5, 0.6) is 0 Å². The van der Waals surface area contributed by atoms with Crippen LogP contribution >= 0.6 is 11.3 Å². The third-order valence-electron chi connectivity index (χ3n) is 11.5. The van der Waals surface area contributed by atoms with Crippen molar-refractivity contribution < 1.29 is 4.42 Å². The van der Waals surface area contributed by atoms with Gasteiger partial charge in [0.1, 0.15) is 11.2 Å². The maximum absolute atomic E-state index is 6.79. The molecule has 0 atom stereocenters. The average molecular weight is 710 g/mol. The van der Waals surface area contributed by atoms with Gasteiger partial charge in [-0.1, -0.05) is 141 Å². The number of nitrogens with zero attached hydrogens (tertiary/aromatic N) is 1.